The maximum absolute atomic E-state index is 13.9. The fraction of sp³-hybridized carbons (Fsp3) is 0.286. The molecule has 2 aromatic rings. The van der Waals surface area contributed by atoms with Gasteiger partial charge in [0.15, 0.2) is 5.13 Å². The number of benzene rings is 1. The minimum Gasteiger partial charge on any atom is -0.312 e. The van der Waals surface area contributed by atoms with Gasteiger partial charge < -0.3 is 5.32 Å². The van der Waals surface area contributed by atoms with Gasteiger partial charge in [-0.1, -0.05) is 12.1 Å². The molecule has 1 aromatic carbocycles. The summed E-state index contributed by atoms with van der Waals surface area (Å²) in [5.74, 6) is -0.977. The number of anilines is 1. The number of carbonyl (C=O) groups is 1. The van der Waals surface area contributed by atoms with Crippen molar-refractivity contribution in [1.29, 1.82) is 0 Å². The molecule has 0 saturated carbocycles. The standard InChI is InChI=1S/C14H16FN3OS/c1-8-5-4-6-10(12(8)15)13(19)18-14-17-11(7-20-14)9(2)16-3/h4-7,9,16H,1-3H3,(H,17,18,19). The summed E-state index contributed by atoms with van der Waals surface area (Å²) in [7, 11) is 1.84. The van der Waals surface area contributed by atoms with Crippen LogP contribution in [0.3, 0.4) is 0 Å². The van der Waals surface area contributed by atoms with E-state index in [-0.39, 0.29) is 11.6 Å². The first kappa shape index (κ1) is 14.6. The van der Waals surface area contributed by atoms with Crippen LogP contribution in [0.1, 0.15) is 34.6 Å². The summed E-state index contributed by atoms with van der Waals surface area (Å²) < 4.78 is 13.9. The molecule has 20 heavy (non-hydrogen) atoms. The van der Waals surface area contributed by atoms with Crippen molar-refractivity contribution in [3.8, 4) is 0 Å². The first-order valence-electron chi connectivity index (χ1n) is 6.22. The van der Waals surface area contributed by atoms with Crippen molar-refractivity contribution in [2.45, 2.75) is 19.9 Å². The second kappa shape index (κ2) is 6.11. The molecule has 0 radical (unpaired) electrons. The summed E-state index contributed by atoms with van der Waals surface area (Å²) in [6.07, 6.45) is 0. The van der Waals surface area contributed by atoms with E-state index in [1.54, 1.807) is 19.1 Å². The van der Waals surface area contributed by atoms with Crippen LogP contribution in [-0.2, 0) is 0 Å². The molecule has 2 N–H and O–H groups in total. The molecule has 0 aliphatic carbocycles. The maximum Gasteiger partial charge on any atom is 0.260 e. The third kappa shape index (κ3) is 3.02. The maximum atomic E-state index is 13.9. The smallest absolute Gasteiger partial charge is 0.260 e. The molecule has 0 aliphatic rings. The molecule has 0 aliphatic heterocycles. The summed E-state index contributed by atoms with van der Waals surface area (Å²) in [6.45, 7) is 3.60. The SMILES string of the molecule is CNC(C)c1csc(NC(=O)c2cccc(C)c2F)n1. The molecule has 1 amide bonds. The predicted octanol–water partition coefficient (Wildman–Crippen LogP) is 3.12. The average Bonchev–Trinajstić information content (AvgIpc) is 2.89. The van der Waals surface area contributed by atoms with Crippen molar-refractivity contribution < 1.29 is 9.18 Å². The second-order valence-corrected chi connectivity index (χ2v) is 5.34. The van der Waals surface area contributed by atoms with Gasteiger partial charge in [0.1, 0.15) is 5.82 Å². The number of hydrogen-bond donors (Lipinski definition) is 2. The van der Waals surface area contributed by atoms with Gasteiger partial charge in [0, 0.05) is 11.4 Å². The molecule has 106 valence electrons. The number of amides is 1. The summed E-state index contributed by atoms with van der Waals surface area (Å²) in [6, 6.07) is 4.85. The predicted molar refractivity (Wildman–Crippen MR) is 78.7 cm³/mol. The number of rotatable bonds is 4. The zero-order chi connectivity index (χ0) is 14.7. The molecule has 2 rings (SSSR count). The summed E-state index contributed by atoms with van der Waals surface area (Å²) >= 11 is 1.32. The zero-order valence-corrected chi connectivity index (χ0v) is 12.3. The van der Waals surface area contributed by atoms with Gasteiger partial charge in [-0.05, 0) is 32.5 Å². The first-order valence-corrected chi connectivity index (χ1v) is 7.10. The highest BCUT2D eigenvalue weighted by molar-refractivity contribution is 7.14. The Kier molecular flexibility index (Phi) is 4.46. The van der Waals surface area contributed by atoms with Gasteiger partial charge >= 0.3 is 0 Å². The summed E-state index contributed by atoms with van der Waals surface area (Å²) in [5.41, 5.74) is 1.32. The van der Waals surface area contributed by atoms with E-state index in [0.717, 1.165) is 5.69 Å². The zero-order valence-electron chi connectivity index (χ0n) is 11.5. The van der Waals surface area contributed by atoms with E-state index < -0.39 is 11.7 Å². The number of nitrogens with one attached hydrogen (secondary N) is 2. The summed E-state index contributed by atoms with van der Waals surface area (Å²) in [5, 5.41) is 8.02. The molecule has 1 aromatic heterocycles. The number of aromatic nitrogens is 1. The molecule has 6 heteroatoms. The van der Waals surface area contributed by atoms with E-state index in [1.807, 2.05) is 19.4 Å². The van der Waals surface area contributed by atoms with Gasteiger partial charge in [0.05, 0.1) is 11.3 Å². The Hall–Kier alpha value is -1.79. The number of nitrogens with zero attached hydrogens (tertiary/aromatic N) is 1. The van der Waals surface area contributed by atoms with Gasteiger partial charge in [-0.25, -0.2) is 9.37 Å². The fourth-order valence-corrected chi connectivity index (χ4v) is 2.48. The Balaban J connectivity index is 2.15. The molecule has 0 bridgehead atoms. The van der Waals surface area contributed by atoms with Crippen molar-refractivity contribution in [1.82, 2.24) is 10.3 Å². The fourth-order valence-electron chi connectivity index (χ4n) is 1.68. The van der Waals surface area contributed by atoms with E-state index in [9.17, 15) is 9.18 Å². The number of carbonyl (C=O) groups excluding carboxylic acids is 1. The highest BCUT2D eigenvalue weighted by Gasteiger charge is 2.15. The Labute approximate surface area is 121 Å². The highest BCUT2D eigenvalue weighted by Crippen LogP contribution is 2.21. The monoisotopic (exact) mass is 293 g/mol. The van der Waals surface area contributed by atoms with E-state index in [0.29, 0.717) is 10.7 Å². The third-order valence-electron chi connectivity index (χ3n) is 3.06. The molecule has 0 fully saturated rings. The highest BCUT2D eigenvalue weighted by atomic mass is 32.1. The minimum atomic E-state index is -0.495. The van der Waals surface area contributed by atoms with Gasteiger partial charge in [0.2, 0.25) is 0 Å². The second-order valence-electron chi connectivity index (χ2n) is 4.48. The van der Waals surface area contributed by atoms with Crippen molar-refractivity contribution in [3.63, 3.8) is 0 Å². The van der Waals surface area contributed by atoms with Crippen LogP contribution in [0.5, 0.6) is 0 Å². The largest absolute Gasteiger partial charge is 0.312 e. The van der Waals surface area contributed by atoms with Crippen LogP contribution < -0.4 is 10.6 Å². The van der Waals surface area contributed by atoms with Gasteiger partial charge in [-0.15, -0.1) is 11.3 Å². The van der Waals surface area contributed by atoms with Crippen molar-refractivity contribution in [3.05, 3.63) is 46.2 Å². The molecular weight excluding hydrogens is 277 g/mol. The quantitative estimate of drug-likeness (QED) is 0.910. The number of hydrogen-bond acceptors (Lipinski definition) is 4. The van der Waals surface area contributed by atoms with Crippen molar-refractivity contribution in [2.75, 3.05) is 12.4 Å². The molecule has 0 spiro atoms. The molecular formula is C14H16FN3OS. The van der Waals surface area contributed by atoms with Crippen LogP contribution in [0.15, 0.2) is 23.6 Å². The topological polar surface area (TPSA) is 54.0 Å². The lowest BCUT2D eigenvalue weighted by Gasteiger charge is -2.06. The van der Waals surface area contributed by atoms with E-state index in [1.165, 1.54) is 17.4 Å². The van der Waals surface area contributed by atoms with Crippen LogP contribution in [0.4, 0.5) is 9.52 Å². The minimum absolute atomic E-state index is 0.0309. The van der Waals surface area contributed by atoms with E-state index in [4.69, 9.17) is 0 Å². The molecule has 1 atom stereocenters. The Morgan fingerprint density at radius 2 is 2.20 bits per heavy atom. The molecule has 0 saturated heterocycles. The third-order valence-corrected chi connectivity index (χ3v) is 3.83. The molecule has 4 nitrogen and oxygen atoms in total. The first-order chi connectivity index (χ1) is 9.52. The van der Waals surface area contributed by atoms with Gasteiger partial charge in [0.25, 0.3) is 5.91 Å². The Morgan fingerprint density at radius 1 is 1.45 bits per heavy atom. The van der Waals surface area contributed by atoms with E-state index in [2.05, 4.69) is 15.6 Å². The lowest BCUT2D eigenvalue weighted by molar-refractivity contribution is 0.102. The normalized spacial score (nSPS) is 12.2. The Bertz CT molecular complexity index is 627. The van der Waals surface area contributed by atoms with Crippen LogP contribution in [0, 0.1) is 12.7 Å². The van der Waals surface area contributed by atoms with Crippen molar-refractivity contribution in [2.24, 2.45) is 0 Å². The van der Waals surface area contributed by atoms with Crippen LogP contribution in [0.2, 0.25) is 0 Å². The number of aryl methyl sites for hydroxylation is 1. The van der Waals surface area contributed by atoms with Gasteiger partial charge in [-0.2, -0.15) is 0 Å². The van der Waals surface area contributed by atoms with E-state index >= 15 is 0 Å². The molecule has 1 unspecified atom stereocenters. The van der Waals surface area contributed by atoms with Crippen LogP contribution in [-0.4, -0.2) is 17.9 Å². The number of halogens is 1. The van der Waals surface area contributed by atoms with Crippen molar-refractivity contribution >= 4 is 22.4 Å². The number of thiazole rings is 1. The Morgan fingerprint density at radius 3 is 2.90 bits per heavy atom. The van der Waals surface area contributed by atoms with Crippen LogP contribution >= 0.6 is 11.3 Å². The average molecular weight is 293 g/mol. The van der Waals surface area contributed by atoms with Gasteiger partial charge in [-0.3, -0.25) is 10.1 Å². The molecule has 1 heterocycles. The summed E-state index contributed by atoms with van der Waals surface area (Å²) in [4.78, 5) is 16.3. The lowest BCUT2D eigenvalue weighted by atomic mass is 10.1. The lowest BCUT2D eigenvalue weighted by Crippen LogP contribution is -2.15. The van der Waals surface area contributed by atoms with Crippen LogP contribution in [0.25, 0.3) is 0 Å².